The number of benzene rings is 1. The molecule has 2 N–H and O–H groups in total. The minimum Gasteiger partial charge on any atom is -0.360 e. The molecule has 148 valence electrons. The summed E-state index contributed by atoms with van der Waals surface area (Å²) in [6.45, 7) is 3.17. The summed E-state index contributed by atoms with van der Waals surface area (Å²) in [5.41, 5.74) is 0.862. The molecule has 0 aliphatic heterocycles. The van der Waals surface area contributed by atoms with Gasteiger partial charge in [-0.1, -0.05) is 17.3 Å². The van der Waals surface area contributed by atoms with Crippen LogP contribution in [-0.4, -0.2) is 29.0 Å². The summed E-state index contributed by atoms with van der Waals surface area (Å²) in [5.74, 6) is -0.597. The third-order valence-electron chi connectivity index (χ3n) is 3.63. The van der Waals surface area contributed by atoms with E-state index in [4.69, 9.17) is 4.52 Å². The Kier molecular flexibility index (Phi) is 5.70. The van der Waals surface area contributed by atoms with Crippen molar-refractivity contribution in [2.45, 2.75) is 31.0 Å². The summed E-state index contributed by atoms with van der Waals surface area (Å²) < 4.78 is 47.0. The van der Waals surface area contributed by atoms with E-state index in [2.05, 4.69) is 25.1 Å². The number of hydrogen-bond acceptors (Lipinski definition) is 8. The number of rotatable bonds is 6. The number of aromatic nitrogens is 3. The van der Waals surface area contributed by atoms with Gasteiger partial charge in [0.2, 0.25) is 5.13 Å². The molecule has 0 fully saturated rings. The first-order chi connectivity index (χ1) is 13.2. The van der Waals surface area contributed by atoms with Crippen molar-refractivity contribution in [2.24, 2.45) is 0 Å². The molecule has 0 radical (unpaired) electrons. The summed E-state index contributed by atoms with van der Waals surface area (Å²) in [4.78, 5) is 16.0. The minimum absolute atomic E-state index is 0.0182. The average molecular weight is 425 g/mol. The normalized spacial score (nSPS) is 11.4. The van der Waals surface area contributed by atoms with Crippen LogP contribution in [0.5, 0.6) is 0 Å². The number of nitrogens with one attached hydrogen (secondary N) is 2. The molecule has 0 saturated heterocycles. The van der Waals surface area contributed by atoms with E-state index in [1.807, 2.05) is 0 Å². The fourth-order valence-corrected chi connectivity index (χ4v) is 4.73. The Hall–Kier alpha value is -2.86. The highest BCUT2D eigenvalue weighted by atomic mass is 32.2. The van der Waals surface area contributed by atoms with E-state index in [0.717, 1.165) is 11.5 Å². The van der Waals surface area contributed by atoms with Gasteiger partial charge in [0.05, 0.1) is 5.69 Å². The fourth-order valence-electron chi connectivity index (χ4n) is 2.49. The van der Waals surface area contributed by atoms with Crippen LogP contribution in [0.2, 0.25) is 0 Å². The van der Waals surface area contributed by atoms with Crippen LogP contribution in [0, 0.1) is 19.7 Å². The standard InChI is InChI=1S/C16H16FN5O4S2/c1-9-14(10(2)26-21-9)28(24,25)8-13-19-16(27-22-13)20-15(23)18-7-11-4-3-5-12(17)6-11/h3-6H,7-8H2,1-2H3,(H2,18,19,20,22,23). The molecule has 3 aromatic rings. The second-order valence-corrected chi connectivity index (χ2v) is 8.54. The third kappa shape index (κ3) is 4.70. The molecule has 1 aromatic carbocycles. The predicted molar refractivity (Wildman–Crippen MR) is 99.0 cm³/mol. The van der Waals surface area contributed by atoms with Gasteiger partial charge in [-0.25, -0.2) is 22.6 Å². The molecule has 0 saturated carbocycles. The van der Waals surface area contributed by atoms with Crippen molar-refractivity contribution in [3.05, 3.63) is 52.9 Å². The third-order valence-corrected chi connectivity index (χ3v) is 6.14. The number of hydrogen-bond donors (Lipinski definition) is 2. The Morgan fingerprint density at radius 2 is 2.11 bits per heavy atom. The van der Waals surface area contributed by atoms with E-state index in [9.17, 15) is 17.6 Å². The van der Waals surface area contributed by atoms with Gasteiger partial charge in [0.1, 0.15) is 16.5 Å². The van der Waals surface area contributed by atoms with Crippen molar-refractivity contribution >= 4 is 32.5 Å². The summed E-state index contributed by atoms with van der Waals surface area (Å²) >= 11 is 0.852. The van der Waals surface area contributed by atoms with E-state index in [1.165, 1.54) is 26.0 Å². The number of aryl methyl sites for hydroxylation is 2. The van der Waals surface area contributed by atoms with Gasteiger partial charge in [0, 0.05) is 18.1 Å². The zero-order valence-electron chi connectivity index (χ0n) is 14.9. The maximum atomic E-state index is 13.1. The molecule has 9 nitrogen and oxygen atoms in total. The lowest BCUT2D eigenvalue weighted by Crippen LogP contribution is -2.28. The summed E-state index contributed by atoms with van der Waals surface area (Å²) in [5, 5.41) is 8.80. The van der Waals surface area contributed by atoms with E-state index >= 15 is 0 Å². The first kappa shape index (κ1) is 19.9. The average Bonchev–Trinajstić information content (AvgIpc) is 3.18. The van der Waals surface area contributed by atoms with Gasteiger partial charge in [-0.2, -0.15) is 4.37 Å². The van der Waals surface area contributed by atoms with Crippen molar-refractivity contribution in [1.82, 2.24) is 19.8 Å². The van der Waals surface area contributed by atoms with Crippen LogP contribution in [0.1, 0.15) is 22.8 Å². The number of sulfone groups is 1. The van der Waals surface area contributed by atoms with Crippen molar-refractivity contribution < 1.29 is 22.1 Å². The molecule has 0 unspecified atom stereocenters. The van der Waals surface area contributed by atoms with Gasteiger partial charge in [-0.05, 0) is 31.5 Å². The minimum atomic E-state index is -3.74. The monoisotopic (exact) mass is 425 g/mol. The number of carbonyl (C=O) groups excluding carboxylic acids is 1. The SMILES string of the molecule is Cc1noc(C)c1S(=O)(=O)Cc1nsc(NC(=O)NCc2cccc(F)c2)n1. The molecule has 0 spiro atoms. The van der Waals surface area contributed by atoms with E-state index < -0.39 is 27.4 Å². The number of carbonyl (C=O) groups is 1. The lowest BCUT2D eigenvalue weighted by molar-refractivity contribution is 0.251. The number of nitrogens with zero attached hydrogens (tertiary/aromatic N) is 3. The molecule has 2 amide bonds. The molecule has 28 heavy (non-hydrogen) atoms. The largest absolute Gasteiger partial charge is 0.360 e. The van der Waals surface area contributed by atoms with E-state index in [-0.39, 0.29) is 33.9 Å². The van der Waals surface area contributed by atoms with Crippen LogP contribution in [0.4, 0.5) is 14.3 Å². The molecule has 2 aromatic heterocycles. The number of amides is 2. The maximum absolute atomic E-state index is 13.1. The topological polar surface area (TPSA) is 127 Å². The van der Waals surface area contributed by atoms with Gasteiger partial charge in [0.15, 0.2) is 21.4 Å². The number of halogens is 1. The van der Waals surface area contributed by atoms with Gasteiger partial charge < -0.3 is 9.84 Å². The van der Waals surface area contributed by atoms with Crippen LogP contribution in [-0.2, 0) is 22.1 Å². The molecule has 2 heterocycles. The van der Waals surface area contributed by atoms with Crippen LogP contribution < -0.4 is 10.6 Å². The Morgan fingerprint density at radius 3 is 2.79 bits per heavy atom. The number of anilines is 1. The smallest absolute Gasteiger partial charge is 0.321 e. The second-order valence-electron chi connectivity index (χ2n) is 5.87. The zero-order chi connectivity index (χ0) is 20.3. The lowest BCUT2D eigenvalue weighted by Gasteiger charge is -2.05. The van der Waals surface area contributed by atoms with Gasteiger partial charge >= 0.3 is 6.03 Å². The lowest BCUT2D eigenvalue weighted by atomic mass is 10.2. The Bertz CT molecular complexity index is 1090. The first-order valence-electron chi connectivity index (χ1n) is 8.02. The van der Waals surface area contributed by atoms with Crippen LogP contribution in [0.25, 0.3) is 0 Å². The van der Waals surface area contributed by atoms with E-state index in [0.29, 0.717) is 5.56 Å². The molecule has 0 atom stereocenters. The molecule has 12 heteroatoms. The van der Waals surface area contributed by atoms with Crippen molar-refractivity contribution in [3.8, 4) is 0 Å². The molecule has 0 aliphatic carbocycles. The van der Waals surface area contributed by atoms with Crippen molar-refractivity contribution in [3.63, 3.8) is 0 Å². The van der Waals surface area contributed by atoms with Gasteiger partial charge in [0.25, 0.3) is 0 Å². The summed E-state index contributed by atoms with van der Waals surface area (Å²) in [6.07, 6.45) is 0. The molecule has 3 rings (SSSR count). The highest BCUT2D eigenvalue weighted by Gasteiger charge is 2.26. The maximum Gasteiger partial charge on any atom is 0.321 e. The van der Waals surface area contributed by atoms with E-state index in [1.54, 1.807) is 12.1 Å². The van der Waals surface area contributed by atoms with Crippen LogP contribution in [0.15, 0.2) is 33.7 Å². The zero-order valence-corrected chi connectivity index (χ0v) is 16.5. The quantitative estimate of drug-likeness (QED) is 0.621. The highest BCUT2D eigenvalue weighted by molar-refractivity contribution is 7.90. The highest BCUT2D eigenvalue weighted by Crippen LogP contribution is 2.23. The molecule has 0 bridgehead atoms. The Labute approximate surface area is 164 Å². The van der Waals surface area contributed by atoms with Crippen LogP contribution in [0.3, 0.4) is 0 Å². The van der Waals surface area contributed by atoms with Crippen molar-refractivity contribution in [1.29, 1.82) is 0 Å². The first-order valence-corrected chi connectivity index (χ1v) is 10.4. The number of urea groups is 1. The van der Waals surface area contributed by atoms with Crippen molar-refractivity contribution in [2.75, 3.05) is 5.32 Å². The Balaban J connectivity index is 1.60. The fraction of sp³-hybridized carbons (Fsp3) is 0.250. The predicted octanol–water partition coefficient (Wildman–Crippen LogP) is 2.58. The van der Waals surface area contributed by atoms with Crippen LogP contribution >= 0.6 is 11.5 Å². The molecule has 0 aliphatic rings. The molecular weight excluding hydrogens is 409 g/mol. The molecular formula is C16H16FN5O4S2. The second kappa shape index (κ2) is 8.02. The van der Waals surface area contributed by atoms with Gasteiger partial charge in [-0.3, -0.25) is 5.32 Å². The summed E-state index contributed by atoms with van der Waals surface area (Å²) in [6, 6.07) is 5.26. The van der Waals surface area contributed by atoms with Gasteiger partial charge in [-0.15, -0.1) is 0 Å². The Morgan fingerprint density at radius 1 is 1.32 bits per heavy atom. The summed E-state index contributed by atoms with van der Waals surface area (Å²) in [7, 11) is -3.74.